The molecule has 5 heteroatoms. The van der Waals surface area contributed by atoms with Crippen molar-refractivity contribution in [3.63, 3.8) is 0 Å². The van der Waals surface area contributed by atoms with E-state index in [4.69, 9.17) is 5.73 Å². The number of nitrogens with two attached hydrogens (primary N) is 1. The van der Waals surface area contributed by atoms with Gasteiger partial charge in [0.2, 0.25) is 0 Å². The second-order valence-electron chi connectivity index (χ2n) is 4.52. The molecule has 2 aromatic rings. The number of anilines is 1. The normalized spacial score (nSPS) is 12.6. The predicted octanol–water partition coefficient (Wildman–Crippen LogP) is 1.72. The highest BCUT2D eigenvalue weighted by molar-refractivity contribution is 5.41. The van der Waals surface area contributed by atoms with Crippen LogP contribution in [-0.4, -0.2) is 19.9 Å². The van der Waals surface area contributed by atoms with Crippen LogP contribution in [0.15, 0.2) is 24.3 Å². The number of nitrogens with zero attached hydrogens (tertiary/aromatic N) is 3. The third-order valence-corrected chi connectivity index (χ3v) is 3.07. The molecule has 5 nitrogen and oxygen atoms in total. The van der Waals surface area contributed by atoms with E-state index in [-0.39, 0.29) is 0 Å². The van der Waals surface area contributed by atoms with E-state index in [1.54, 1.807) is 16.8 Å². The van der Waals surface area contributed by atoms with Gasteiger partial charge in [0, 0.05) is 18.5 Å². The van der Waals surface area contributed by atoms with Gasteiger partial charge in [-0.25, -0.2) is 9.67 Å². The number of hydrogen-bond acceptors (Lipinski definition) is 4. The fourth-order valence-corrected chi connectivity index (χ4v) is 2.02. The van der Waals surface area contributed by atoms with Crippen molar-refractivity contribution >= 4 is 5.69 Å². The van der Waals surface area contributed by atoms with Crippen LogP contribution in [0.5, 0.6) is 0 Å². The molecule has 0 saturated heterocycles. The molecule has 19 heavy (non-hydrogen) atoms. The molecule has 0 aliphatic carbocycles. The third kappa shape index (κ3) is 3.12. The number of aliphatic hydroxyl groups is 1. The van der Waals surface area contributed by atoms with Crippen molar-refractivity contribution in [1.29, 1.82) is 0 Å². The monoisotopic (exact) mass is 260 g/mol. The Bertz CT molecular complexity index is 550. The van der Waals surface area contributed by atoms with Crippen molar-refractivity contribution in [2.45, 2.75) is 39.3 Å². The van der Waals surface area contributed by atoms with Crippen LogP contribution in [0.25, 0.3) is 0 Å². The first-order valence-corrected chi connectivity index (χ1v) is 6.60. The van der Waals surface area contributed by atoms with E-state index in [9.17, 15) is 5.11 Å². The SMILES string of the molecule is CCc1nc(CC)n(CC(O)c2cccc(N)c2)n1. The van der Waals surface area contributed by atoms with E-state index >= 15 is 0 Å². The highest BCUT2D eigenvalue weighted by atomic mass is 16.3. The molecule has 0 spiro atoms. The predicted molar refractivity (Wildman–Crippen MR) is 74.6 cm³/mol. The topological polar surface area (TPSA) is 77.0 Å². The zero-order valence-electron chi connectivity index (χ0n) is 11.4. The summed E-state index contributed by atoms with van der Waals surface area (Å²) in [5.74, 6) is 1.72. The molecule has 3 N–H and O–H groups in total. The molecule has 1 aromatic carbocycles. The van der Waals surface area contributed by atoms with Crippen molar-refractivity contribution in [1.82, 2.24) is 14.8 Å². The third-order valence-electron chi connectivity index (χ3n) is 3.07. The molecule has 0 fully saturated rings. The van der Waals surface area contributed by atoms with Gasteiger partial charge in [-0.2, -0.15) is 5.10 Å². The van der Waals surface area contributed by atoms with E-state index in [1.807, 2.05) is 26.0 Å². The van der Waals surface area contributed by atoms with E-state index in [0.29, 0.717) is 12.2 Å². The molecule has 0 aliphatic heterocycles. The zero-order chi connectivity index (χ0) is 13.8. The van der Waals surface area contributed by atoms with E-state index < -0.39 is 6.10 Å². The minimum absolute atomic E-state index is 0.402. The molecule has 0 aliphatic rings. The maximum Gasteiger partial charge on any atom is 0.150 e. The van der Waals surface area contributed by atoms with Crippen molar-refractivity contribution in [3.8, 4) is 0 Å². The lowest BCUT2D eigenvalue weighted by Gasteiger charge is -2.12. The molecule has 0 bridgehead atoms. The first-order valence-electron chi connectivity index (χ1n) is 6.60. The smallest absolute Gasteiger partial charge is 0.150 e. The average Bonchev–Trinajstić information content (AvgIpc) is 2.81. The van der Waals surface area contributed by atoms with Crippen LogP contribution in [-0.2, 0) is 19.4 Å². The minimum atomic E-state index is -0.625. The summed E-state index contributed by atoms with van der Waals surface area (Å²) >= 11 is 0. The summed E-state index contributed by atoms with van der Waals surface area (Å²) < 4.78 is 1.78. The molecule has 1 unspecified atom stereocenters. The maximum absolute atomic E-state index is 10.3. The molecule has 1 aromatic heterocycles. The molecule has 2 rings (SSSR count). The van der Waals surface area contributed by atoms with Gasteiger partial charge in [-0.15, -0.1) is 0 Å². The lowest BCUT2D eigenvalue weighted by Crippen LogP contribution is -2.13. The number of nitrogen functional groups attached to an aromatic ring is 1. The van der Waals surface area contributed by atoms with Crippen LogP contribution in [0.4, 0.5) is 5.69 Å². The Morgan fingerprint density at radius 1 is 1.32 bits per heavy atom. The Morgan fingerprint density at radius 3 is 2.74 bits per heavy atom. The van der Waals surface area contributed by atoms with Gasteiger partial charge in [0.1, 0.15) is 5.82 Å². The van der Waals surface area contributed by atoms with E-state index in [2.05, 4.69) is 10.1 Å². The molecular weight excluding hydrogens is 240 g/mol. The Hall–Kier alpha value is -1.88. The summed E-state index contributed by atoms with van der Waals surface area (Å²) in [6, 6.07) is 7.30. The second-order valence-corrected chi connectivity index (χ2v) is 4.52. The quantitative estimate of drug-likeness (QED) is 0.802. The number of aliphatic hydroxyl groups excluding tert-OH is 1. The van der Waals surface area contributed by atoms with Crippen molar-refractivity contribution in [3.05, 3.63) is 41.5 Å². The highest BCUT2D eigenvalue weighted by Crippen LogP contribution is 2.18. The lowest BCUT2D eigenvalue weighted by molar-refractivity contribution is 0.150. The van der Waals surface area contributed by atoms with Crippen LogP contribution in [0, 0.1) is 0 Å². The summed E-state index contributed by atoms with van der Waals surface area (Å²) in [6.07, 6.45) is 0.977. The molecule has 0 saturated carbocycles. The maximum atomic E-state index is 10.3. The number of hydrogen-bond donors (Lipinski definition) is 2. The van der Waals surface area contributed by atoms with Gasteiger partial charge in [-0.05, 0) is 17.7 Å². The Balaban J connectivity index is 2.18. The lowest BCUT2D eigenvalue weighted by atomic mass is 10.1. The number of rotatable bonds is 5. The van der Waals surface area contributed by atoms with Crippen LogP contribution in [0.1, 0.15) is 37.2 Å². The van der Waals surface area contributed by atoms with Gasteiger partial charge in [0.15, 0.2) is 5.82 Å². The largest absolute Gasteiger partial charge is 0.399 e. The van der Waals surface area contributed by atoms with Crippen molar-refractivity contribution in [2.75, 3.05) is 5.73 Å². The van der Waals surface area contributed by atoms with Crippen molar-refractivity contribution < 1.29 is 5.11 Å². The fourth-order valence-electron chi connectivity index (χ4n) is 2.02. The molecular formula is C14H20N4O. The Morgan fingerprint density at radius 2 is 2.11 bits per heavy atom. The number of aromatic nitrogens is 3. The second kappa shape index (κ2) is 5.84. The van der Waals surface area contributed by atoms with Gasteiger partial charge in [0.25, 0.3) is 0 Å². The molecule has 0 radical (unpaired) electrons. The Labute approximate surface area is 113 Å². The fraction of sp³-hybridized carbons (Fsp3) is 0.429. The Kier molecular flexibility index (Phi) is 4.16. The highest BCUT2D eigenvalue weighted by Gasteiger charge is 2.13. The van der Waals surface area contributed by atoms with Crippen LogP contribution >= 0.6 is 0 Å². The molecule has 102 valence electrons. The molecule has 1 heterocycles. The number of aryl methyl sites for hydroxylation is 2. The van der Waals surface area contributed by atoms with Crippen molar-refractivity contribution in [2.24, 2.45) is 0 Å². The summed E-state index contributed by atoms with van der Waals surface area (Å²) in [4.78, 5) is 4.43. The van der Waals surface area contributed by atoms with Crippen LogP contribution in [0.2, 0.25) is 0 Å². The van der Waals surface area contributed by atoms with Gasteiger partial charge >= 0.3 is 0 Å². The van der Waals surface area contributed by atoms with Crippen LogP contribution < -0.4 is 5.73 Å². The summed E-state index contributed by atoms with van der Waals surface area (Å²) in [7, 11) is 0. The first kappa shape index (κ1) is 13.5. The van der Waals surface area contributed by atoms with Gasteiger partial charge in [0.05, 0.1) is 12.6 Å². The summed E-state index contributed by atoms with van der Waals surface area (Å²) in [5, 5.41) is 14.7. The average molecular weight is 260 g/mol. The van der Waals surface area contributed by atoms with Gasteiger partial charge in [-0.1, -0.05) is 26.0 Å². The van der Waals surface area contributed by atoms with E-state index in [1.165, 1.54) is 0 Å². The van der Waals surface area contributed by atoms with Crippen LogP contribution in [0.3, 0.4) is 0 Å². The summed E-state index contributed by atoms with van der Waals surface area (Å²) in [6.45, 7) is 4.46. The van der Waals surface area contributed by atoms with Gasteiger partial charge < -0.3 is 10.8 Å². The standard InChI is InChI=1S/C14H20N4O/c1-3-13-16-14(4-2)18(17-13)9-12(19)10-6-5-7-11(15)8-10/h5-8,12,19H,3-4,9,15H2,1-2H3. The molecule has 0 amide bonds. The minimum Gasteiger partial charge on any atom is -0.399 e. The molecule has 1 atom stereocenters. The number of benzene rings is 1. The van der Waals surface area contributed by atoms with Gasteiger partial charge in [-0.3, -0.25) is 0 Å². The van der Waals surface area contributed by atoms with E-state index in [0.717, 1.165) is 30.1 Å². The summed E-state index contributed by atoms with van der Waals surface area (Å²) in [5.41, 5.74) is 7.18. The zero-order valence-corrected chi connectivity index (χ0v) is 11.4. The first-order chi connectivity index (χ1) is 9.13.